The molecule has 0 unspecified atom stereocenters. The number of nitrogens with one attached hydrogen (secondary N) is 1. The van der Waals surface area contributed by atoms with Crippen LogP contribution in [0, 0.1) is 5.92 Å². The molecular weight excluding hydrogens is 264 g/mol. The number of imidazole rings is 1. The standard InChI is InChI=1S/C16H24N4O/c1-20(8-9-21-11-12-2-3-12)7-6-16-18-14-5-4-13(17)10-15(14)19-16/h4-5,10,12H,2-3,6-9,11,17H2,1H3,(H,18,19). The van der Waals surface area contributed by atoms with Crippen molar-refractivity contribution in [2.75, 3.05) is 39.1 Å². The molecule has 1 aliphatic carbocycles. The minimum Gasteiger partial charge on any atom is -0.399 e. The van der Waals surface area contributed by atoms with Gasteiger partial charge in [0.15, 0.2) is 0 Å². The lowest BCUT2D eigenvalue weighted by molar-refractivity contribution is 0.104. The second kappa shape index (κ2) is 6.45. The van der Waals surface area contributed by atoms with Crippen LogP contribution in [0.3, 0.4) is 0 Å². The van der Waals surface area contributed by atoms with Crippen molar-refractivity contribution < 1.29 is 4.74 Å². The molecule has 0 bridgehead atoms. The fraction of sp³-hybridized carbons (Fsp3) is 0.562. The van der Waals surface area contributed by atoms with Crippen molar-refractivity contribution in [1.29, 1.82) is 0 Å². The Balaban J connectivity index is 1.42. The van der Waals surface area contributed by atoms with E-state index in [1.54, 1.807) is 0 Å². The van der Waals surface area contributed by atoms with Crippen molar-refractivity contribution in [3.8, 4) is 0 Å². The highest BCUT2D eigenvalue weighted by Crippen LogP contribution is 2.28. The lowest BCUT2D eigenvalue weighted by atomic mass is 10.3. The summed E-state index contributed by atoms with van der Waals surface area (Å²) in [5.41, 5.74) is 8.54. The van der Waals surface area contributed by atoms with Gasteiger partial charge in [0.05, 0.1) is 17.6 Å². The Morgan fingerprint density at radius 2 is 2.24 bits per heavy atom. The molecule has 1 aromatic heterocycles. The monoisotopic (exact) mass is 288 g/mol. The number of nitrogens with zero attached hydrogens (tertiary/aromatic N) is 2. The van der Waals surface area contributed by atoms with E-state index in [0.29, 0.717) is 0 Å². The number of hydrogen-bond donors (Lipinski definition) is 2. The summed E-state index contributed by atoms with van der Waals surface area (Å²) in [4.78, 5) is 10.2. The maximum absolute atomic E-state index is 5.78. The van der Waals surface area contributed by atoms with Crippen LogP contribution in [-0.2, 0) is 11.2 Å². The minimum absolute atomic E-state index is 0.766. The van der Waals surface area contributed by atoms with E-state index in [9.17, 15) is 0 Å². The van der Waals surface area contributed by atoms with Gasteiger partial charge < -0.3 is 20.4 Å². The van der Waals surface area contributed by atoms with E-state index in [1.165, 1.54) is 12.8 Å². The summed E-state index contributed by atoms with van der Waals surface area (Å²) in [6.07, 6.45) is 3.62. The molecule has 1 fully saturated rings. The Morgan fingerprint density at radius 1 is 1.38 bits per heavy atom. The number of hydrogen-bond acceptors (Lipinski definition) is 4. The van der Waals surface area contributed by atoms with Crippen LogP contribution in [0.2, 0.25) is 0 Å². The molecule has 0 radical (unpaired) electrons. The van der Waals surface area contributed by atoms with Crippen LogP contribution in [0.25, 0.3) is 11.0 Å². The number of benzene rings is 1. The number of anilines is 1. The Bertz CT molecular complexity index is 591. The normalized spacial score (nSPS) is 15.1. The average molecular weight is 288 g/mol. The van der Waals surface area contributed by atoms with Gasteiger partial charge in [-0.25, -0.2) is 4.98 Å². The molecule has 1 aromatic carbocycles. The predicted octanol–water partition coefficient (Wildman–Crippen LogP) is 2.05. The van der Waals surface area contributed by atoms with E-state index in [0.717, 1.165) is 61.2 Å². The second-order valence-corrected chi connectivity index (χ2v) is 6.03. The van der Waals surface area contributed by atoms with Gasteiger partial charge in [-0.2, -0.15) is 0 Å². The van der Waals surface area contributed by atoms with Crippen LogP contribution < -0.4 is 5.73 Å². The summed E-state index contributed by atoms with van der Waals surface area (Å²) in [6, 6.07) is 5.78. The van der Waals surface area contributed by atoms with Crippen molar-refractivity contribution in [2.45, 2.75) is 19.3 Å². The molecule has 1 saturated carbocycles. The smallest absolute Gasteiger partial charge is 0.108 e. The molecule has 1 aliphatic rings. The van der Waals surface area contributed by atoms with E-state index in [-0.39, 0.29) is 0 Å². The highest BCUT2D eigenvalue weighted by atomic mass is 16.5. The van der Waals surface area contributed by atoms with Gasteiger partial charge in [0, 0.05) is 31.8 Å². The van der Waals surface area contributed by atoms with Crippen LogP contribution in [0.4, 0.5) is 5.69 Å². The summed E-state index contributed by atoms with van der Waals surface area (Å²) in [5, 5.41) is 0. The number of H-pyrrole nitrogens is 1. The molecule has 1 heterocycles. The molecule has 0 saturated heterocycles. The van der Waals surface area contributed by atoms with Crippen LogP contribution in [0.1, 0.15) is 18.7 Å². The molecule has 0 atom stereocenters. The van der Waals surface area contributed by atoms with Crippen LogP contribution in [0.5, 0.6) is 0 Å². The predicted molar refractivity (Wildman–Crippen MR) is 85.3 cm³/mol. The van der Waals surface area contributed by atoms with E-state index < -0.39 is 0 Å². The Labute approximate surface area is 125 Å². The number of nitrogen functional groups attached to an aromatic ring is 1. The first-order valence-electron chi connectivity index (χ1n) is 7.71. The molecule has 2 aromatic rings. The van der Waals surface area contributed by atoms with Gasteiger partial charge in [0.2, 0.25) is 0 Å². The first-order valence-corrected chi connectivity index (χ1v) is 7.71. The molecule has 0 aliphatic heterocycles. The van der Waals surface area contributed by atoms with E-state index in [1.807, 2.05) is 18.2 Å². The average Bonchev–Trinajstić information content (AvgIpc) is 3.20. The fourth-order valence-corrected chi connectivity index (χ4v) is 2.36. The number of nitrogens with two attached hydrogens (primary N) is 1. The minimum atomic E-state index is 0.766. The number of aromatic amines is 1. The Hall–Kier alpha value is -1.59. The van der Waals surface area contributed by atoms with Crippen LogP contribution in [-0.4, -0.2) is 48.2 Å². The Kier molecular flexibility index (Phi) is 4.41. The van der Waals surface area contributed by atoms with Crippen molar-refractivity contribution in [3.05, 3.63) is 24.0 Å². The van der Waals surface area contributed by atoms with Gasteiger partial charge in [-0.15, -0.1) is 0 Å². The topological polar surface area (TPSA) is 67.2 Å². The zero-order valence-electron chi connectivity index (χ0n) is 12.6. The van der Waals surface area contributed by atoms with E-state index in [2.05, 4.69) is 21.9 Å². The zero-order chi connectivity index (χ0) is 14.7. The molecule has 5 nitrogen and oxygen atoms in total. The van der Waals surface area contributed by atoms with Gasteiger partial charge in [0.25, 0.3) is 0 Å². The maximum Gasteiger partial charge on any atom is 0.108 e. The third-order valence-corrected chi connectivity index (χ3v) is 3.95. The summed E-state index contributed by atoms with van der Waals surface area (Å²) in [6.45, 7) is 3.71. The molecule has 3 rings (SSSR count). The number of ether oxygens (including phenoxy) is 1. The summed E-state index contributed by atoms with van der Waals surface area (Å²) < 4.78 is 5.66. The van der Waals surface area contributed by atoms with Gasteiger partial charge in [-0.05, 0) is 44.0 Å². The second-order valence-electron chi connectivity index (χ2n) is 6.03. The van der Waals surface area contributed by atoms with Gasteiger partial charge in [-0.3, -0.25) is 0 Å². The molecule has 114 valence electrons. The van der Waals surface area contributed by atoms with Gasteiger partial charge in [0.1, 0.15) is 5.82 Å². The summed E-state index contributed by atoms with van der Waals surface area (Å²) in [5.74, 6) is 1.86. The third-order valence-electron chi connectivity index (χ3n) is 3.95. The van der Waals surface area contributed by atoms with Crippen LogP contribution in [0.15, 0.2) is 18.2 Å². The first-order chi connectivity index (χ1) is 10.2. The summed E-state index contributed by atoms with van der Waals surface area (Å²) >= 11 is 0. The van der Waals surface area contributed by atoms with Crippen LogP contribution >= 0.6 is 0 Å². The first kappa shape index (κ1) is 14.4. The quantitative estimate of drug-likeness (QED) is 0.576. The highest BCUT2D eigenvalue weighted by molar-refractivity contribution is 5.78. The molecule has 0 amide bonds. The number of fused-ring (bicyclic) bond motifs is 1. The largest absolute Gasteiger partial charge is 0.399 e. The van der Waals surface area contributed by atoms with Crippen molar-refractivity contribution in [3.63, 3.8) is 0 Å². The lowest BCUT2D eigenvalue weighted by Gasteiger charge is -2.15. The van der Waals surface area contributed by atoms with Crippen molar-refractivity contribution in [1.82, 2.24) is 14.9 Å². The molecular formula is C16H24N4O. The number of likely N-dealkylation sites (N-methyl/N-ethyl adjacent to an activating group) is 1. The lowest BCUT2D eigenvalue weighted by Crippen LogP contribution is -2.26. The fourth-order valence-electron chi connectivity index (χ4n) is 2.36. The van der Waals surface area contributed by atoms with Crippen molar-refractivity contribution in [2.24, 2.45) is 5.92 Å². The molecule has 0 spiro atoms. The molecule has 21 heavy (non-hydrogen) atoms. The molecule has 3 N–H and O–H groups in total. The van der Waals surface area contributed by atoms with Crippen molar-refractivity contribution >= 4 is 16.7 Å². The highest BCUT2D eigenvalue weighted by Gasteiger charge is 2.20. The zero-order valence-corrected chi connectivity index (χ0v) is 12.6. The number of rotatable bonds is 8. The third kappa shape index (κ3) is 4.19. The summed E-state index contributed by atoms with van der Waals surface area (Å²) in [7, 11) is 2.13. The van der Waals surface area contributed by atoms with Gasteiger partial charge in [-0.1, -0.05) is 0 Å². The van der Waals surface area contributed by atoms with E-state index >= 15 is 0 Å². The maximum atomic E-state index is 5.78. The Morgan fingerprint density at radius 3 is 3.05 bits per heavy atom. The van der Waals surface area contributed by atoms with Gasteiger partial charge >= 0.3 is 0 Å². The number of aromatic nitrogens is 2. The SMILES string of the molecule is CN(CCOCC1CC1)CCc1nc2ccc(N)cc2[nH]1. The molecule has 5 heteroatoms. The van der Waals surface area contributed by atoms with E-state index in [4.69, 9.17) is 10.5 Å².